The van der Waals surface area contributed by atoms with Crippen molar-refractivity contribution in [2.24, 2.45) is 0 Å². The molecule has 2 nitrogen and oxygen atoms in total. The molecule has 2 rings (SSSR count). The van der Waals surface area contributed by atoms with Crippen molar-refractivity contribution in [2.45, 2.75) is 6.92 Å². The predicted molar refractivity (Wildman–Crippen MR) is 49.2 cm³/mol. The molecule has 1 aromatic carbocycles. The van der Waals surface area contributed by atoms with E-state index in [9.17, 15) is 13.6 Å². The zero-order valence-corrected chi connectivity index (χ0v) is 7.40. The summed E-state index contributed by atoms with van der Waals surface area (Å²) in [7, 11) is 0. The van der Waals surface area contributed by atoms with Crippen molar-refractivity contribution in [2.75, 3.05) is 0 Å². The molecule has 2 aromatic rings. The first-order chi connectivity index (χ1) is 6.58. The van der Waals surface area contributed by atoms with Gasteiger partial charge >= 0.3 is 0 Å². The summed E-state index contributed by atoms with van der Waals surface area (Å²) in [5.74, 6) is -1.87. The third-order valence-corrected chi connectivity index (χ3v) is 2.07. The van der Waals surface area contributed by atoms with Crippen molar-refractivity contribution < 1.29 is 8.78 Å². The largest absolute Gasteiger partial charge is 0.322 e. The van der Waals surface area contributed by atoms with Gasteiger partial charge in [0.1, 0.15) is 0 Å². The van der Waals surface area contributed by atoms with Crippen LogP contribution in [0.3, 0.4) is 0 Å². The molecule has 0 atom stereocenters. The standard InChI is InChI=1S/C10H7F2NO/c1-5-2-6-3-7(11)8(12)4-9(6)13-10(5)14/h2-4H,1H3,(H,13,14). The SMILES string of the molecule is Cc1cc2cc(F)c(F)cc2[nH]c1=O. The van der Waals surface area contributed by atoms with E-state index in [0.29, 0.717) is 16.5 Å². The normalized spacial score (nSPS) is 10.8. The van der Waals surface area contributed by atoms with Gasteiger partial charge in [-0.25, -0.2) is 8.78 Å². The molecule has 14 heavy (non-hydrogen) atoms. The number of H-pyrrole nitrogens is 1. The van der Waals surface area contributed by atoms with Gasteiger partial charge in [0.2, 0.25) is 0 Å². The third kappa shape index (κ3) is 1.28. The van der Waals surface area contributed by atoms with Gasteiger partial charge in [0, 0.05) is 17.0 Å². The molecule has 0 aliphatic heterocycles. The van der Waals surface area contributed by atoms with Crippen LogP contribution in [-0.4, -0.2) is 4.98 Å². The summed E-state index contributed by atoms with van der Waals surface area (Å²) >= 11 is 0. The van der Waals surface area contributed by atoms with E-state index in [1.54, 1.807) is 6.92 Å². The molecule has 0 fully saturated rings. The van der Waals surface area contributed by atoms with E-state index in [1.807, 2.05) is 0 Å². The molecule has 0 bridgehead atoms. The molecule has 72 valence electrons. The molecule has 4 heteroatoms. The molecular weight excluding hydrogens is 188 g/mol. The highest BCUT2D eigenvalue weighted by Gasteiger charge is 2.05. The first-order valence-electron chi connectivity index (χ1n) is 4.06. The maximum atomic E-state index is 12.8. The van der Waals surface area contributed by atoms with Gasteiger partial charge in [0.15, 0.2) is 11.6 Å². The molecule has 1 heterocycles. The first kappa shape index (κ1) is 8.87. The summed E-state index contributed by atoms with van der Waals surface area (Å²) in [6.07, 6.45) is 0. The molecular formula is C10H7F2NO. The lowest BCUT2D eigenvalue weighted by Crippen LogP contribution is -2.08. The molecule has 1 aromatic heterocycles. The van der Waals surface area contributed by atoms with Crippen LogP contribution in [0.4, 0.5) is 8.78 Å². The van der Waals surface area contributed by atoms with Gasteiger partial charge in [0.25, 0.3) is 5.56 Å². The lowest BCUT2D eigenvalue weighted by atomic mass is 10.1. The number of rotatable bonds is 0. The molecule has 0 saturated heterocycles. The topological polar surface area (TPSA) is 32.9 Å². The fourth-order valence-electron chi connectivity index (χ4n) is 1.31. The fraction of sp³-hybridized carbons (Fsp3) is 0.100. The Morgan fingerprint density at radius 3 is 2.50 bits per heavy atom. The maximum absolute atomic E-state index is 12.8. The van der Waals surface area contributed by atoms with E-state index < -0.39 is 11.6 Å². The number of fused-ring (bicyclic) bond motifs is 1. The van der Waals surface area contributed by atoms with E-state index in [2.05, 4.69) is 4.98 Å². The van der Waals surface area contributed by atoms with Crippen molar-refractivity contribution in [3.8, 4) is 0 Å². The highest BCUT2D eigenvalue weighted by molar-refractivity contribution is 5.78. The molecule has 0 unspecified atom stereocenters. The number of nitrogens with one attached hydrogen (secondary N) is 1. The van der Waals surface area contributed by atoms with Crippen molar-refractivity contribution in [1.82, 2.24) is 4.98 Å². The quantitative estimate of drug-likeness (QED) is 0.686. The van der Waals surface area contributed by atoms with Crippen molar-refractivity contribution in [3.05, 3.63) is 45.8 Å². The Morgan fingerprint density at radius 2 is 1.79 bits per heavy atom. The van der Waals surface area contributed by atoms with Gasteiger partial charge < -0.3 is 4.98 Å². The average molecular weight is 195 g/mol. The summed E-state index contributed by atoms with van der Waals surface area (Å²) < 4.78 is 25.6. The molecule has 0 aliphatic rings. The van der Waals surface area contributed by atoms with Gasteiger partial charge in [-0.05, 0) is 19.1 Å². The van der Waals surface area contributed by atoms with Crippen LogP contribution in [0.15, 0.2) is 23.0 Å². The molecule has 0 amide bonds. The number of halogens is 2. The van der Waals surface area contributed by atoms with Crippen LogP contribution in [0, 0.1) is 18.6 Å². The first-order valence-corrected chi connectivity index (χ1v) is 4.06. The number of benzene rings is 1. The highest BCUT2D eigenvalue weighted by atomic mass is 19.2. The number of pyridine rings is 1. The van der Waals surface area contributed by atoms with Gasteiger partial charge in [-0.2, -0.15) is 0 Å². The number of aromatic nitrogens is 1. The van der Waals surface area contributed by atoms with Crippen molar-refractivity contribution in [3.63, 3.8) is 0 Å². The van der Waals surface area contributed by atoms with Gasteiger partial charge in [-0.15, -0.1) is 0 Å². The van der Waals surface area contributed by atoms with E-state index in [0.717, 1.165) is 12.1 Å². The molecule has 0 aliphatic carbocycles. The van der Waals surface area contributed by atoms with E-state index in [-0.39, 0.29) is 5.56 Å². The second-order valence-corrected chi connectivity index (χ2v) is 3.14. The Balaban J connectivity index is 2.90. The maximum Gasteiger partial charge on any atom is 0.251 e. The van der Waals surface area contributed by atoms with Crippen LogP contribution < -0.4 is 5.56 Å². The molecule has 0 spiro atoms. The second kappa shape index (κ2) is 2.90. The van der Waals surface area contributed by atoms with Gasteiger partial charge in [-0.3, -0.25) is 4.79 Å². The van der Waals surface area contributed by atoms with E-state index in [4.69, 9.17) is 0 Å². The smallest absolute Gasteiger partial charge is 0.251 e. The predicted octanol–water partition coefficient (Wildman–Crippen LogP) is 2.11. The number of hydrogen-bond donors (Lipinski definition) is 1. The van der Waals surface area contributed by atoms with Crippen LogP contribution in [0.2, 0.25) is 0 Å². The van der Waals surface area contributed by atoms with Crippen LogP contribution in [0.1, 0.15) is 5.56 Å². The lowest BCUT2D eigenvalue weighted by molar-refractivity contribution is 0.510. The van der Waals surface area contributed by atoms with Crippen LogP contribution in [0.5, 0.6) is 0 Å². The number of aromatic amines is 1. The van der Waals surface area contributed by atoms with Crippen LogP contribution in [-0.2, 0) is 0 Å². The minimum Gasteiger partial charge on any atom is -0.322 e. The van der Waals surface area contributed by atoms with Crippen molar-refractivity contribution in [1.29, 1.82) is 0 Å². The summed E-state index contributed by atoms with van der Waals surface area (Å²) in [4.78, 5) is 13.6. The second-order valence-electron chi connectivity index (χ2n) is 3.14. The minimum atomic E-state index is -0.961. The minimum absolute atomic E-state index is 0.288. The fourth-order valence-corrected chi connectivity index (χ4v) is 1.31. The van der Waals surface area contributed by atoms with Crippen LogP contribution in [0.25, 0.3) is 10.9 Å². The Bertz CT molecular complexity index is 560. The van der Waals surface area contributed by atoms with Gasteiger partial charge in [0.05, 0.1) is 5.52 Å². The lowest BCUT2D eigenvalue weighted by Gasteiger charge is -2.00. The van der Waals surface area contributed by atoms with Crippen LogP contribution >= 0.6 is 0 Å². The molecule has 1 N–H and O–H groups in total. The third-order valence-electron chi connectivity index (χ3n) is 2.07. The summed E-state index contributed by atoms with van der Waals surface area (Å²) in [5.41, 5.74) is 0.492. The number of aryl methyl sites for hydroxylation is 1. The molecule has 0 saturated carbocycles. The Kier molecular flexibility index (Phi) is 1.84. The zero-order chi connectivity index (χ0) is 10.3. The van der Waals surface area contributed by atoms with E-state index in [1.165, 1.54) is 6.07 Å². The monoisotopic (exact) mass is 195 g/mol. The van der Waals surface area contributed by atoms with Gasteiger partial charge in [-0.1, -0.05) is 0 Å². The Morgan fingerprint density at radius 1 is 1.14 bits per heavy atom. The van der Waals surface area contributed by atoms with Crippen molar-refractivity contribution >= 4 is 10.9 Å². The average Bonchev–Trinajstić information content (AvgIpc) is 2.11. The summed E-state index contributed by atoms with van der Waals surface area (Å²) in [6.45, 7) is 1.61. The Hall–Kier alpha value is -1.71. The zero-order valence-electron chi connectivity index (χ0n) is 7.40. The summed E-state index contributed by atoms with van der Waals surface area (Å²) in [5, 5.41) is 0.487. The molecule has 0 radical (unpaired) electrons. The van der Waals surface area contributed by atoms with E-state index >= 15 is 0 Å². The summed E-state index contributed by atoms with van der Waals surface area (Å²) in [6, 6.07) is 3.57. The highest BCUT2D eigenvalue weighted by Crippen LogP contribution is 2.15. The Labute approximate surface area is 78.2 Å². The number of hydrogen-bond acceptors (Lipinski definition) is 1.